The van der Waals surface area contributed by atoms with Gasteiger partial charge in [0.05, 0.1) is 0 Å². The molecule has 3 rings (SSSR count). The summed E-state index contributed by atoms with van der Waals surface area (Å²) in [6, 6.07) is 13.2. The summed E-state index contributed by atoms with van der Waals surface area (Å²) in [5.74, 6) is -0.0580. The number of amides is 1. The van der Waals surface area contributed by atoms with E-state index in [0.29, 0.717) is 22.2 Å². The molecule has 0 radical (unpaired) electrons. The first-order chi connectivity index (χ1) is 13.6. The predicted molar refractivity (Wildman–Crippen MR) is 117 cm³/mol. The van der Waals surface area contributed by atoms with Crippen molar-refractivity contribution in [2.45, 2.75) is 19.6 Å². The number of thiocarbonyl (C=S) groups is 1. The SMILES string of the molecule is CCN(CC)CCN1C(=O)c2ccccc2C1(OC(=S)SC)c1ccccn1. The molecule has 0 bridgehead atoms. The lowest BCUT2D eigenvalue weighted by Gasteiger charge is -2.39. The third-order valence-corrected chi connectivity index (χ3v) is 6.09. The third kappa shape index (κ3) is 3.66. The zero-order valence-electron chi connectivity index (χ0n) is 16.4. The highest BCUT2D eigenvalue weighted by atomic mass is 32.2. The van der Waals surface area contributed by atoms with Crippen molar-refractivity contribution in [3.8, 4) is 0 Å². The van der Waals surface area contributed by atoms with Crippen LogP contribution in [0.4, 0.5) is 0 Å². The molecule has 2 aromatic rings. The number of carbonyl (C=O) groups is 1. The highest BCUT2D eigenvalue weighted by Crippen LogP contribution is 2.45. The van der Waals surface area contributed by atoms with Crippen LogP contribution in [0.5, 0.6) is 0 Å². The number of carbonyl (C=O) groups excluding carboxylic acids is 1. The van der Waals surface area contributed by atoms with E-state index in [9.17, 15) is 4.79 Å². The van der Waals surface area contributed by atoms with Crippen molar-refractivity contribution in [1.29, 1.82) is 0 Å². The average molecular weight is 416 g/mol. The lowest BCUT2D eigenvalue weighted by molar-refractivity contribution is -0.0391. The van der Waals surface area contributed by atoms with E-state index in [1.807, 2.05) is 48.7 Å². The first-order valence-electron chi connectivity index (χ1n) is 9.40. The number of likely N-dealkylation sites (N-methyl/N-ethyl adjacent to an activating group) is 1. The van der Waals surface area contributed by atoms with Crippen LogP contribution in [-0.4, -0.2) is 57.5 Å². The maximum absolute atomic E-state index is 13.4. The number of rotatable bonds is 7. The van der Waals surface area contributed by atoms with Gasteiger partial charge in [0.15, 0.2) is 0 Å². The first kappa shape index (κ1) is 20.8. The summed E-state index contributed by atoms with van der Waals surface area (Å²) in [5, 5.41) is 0. The zero-order valence-corrected chi connectivity index (χ0v) is 18.1. The molecule has 1 unspecified atom stereocenters. The molecule has 2 heterocycles. The number of thioether (sulfide) groups is 1. The summed E-state index contributed by atoms with van der Waals surface area (Å²) in [4.78, 5) is 22.0. The Balaban J connectivity index is 2.15. The van der Waals surface area contributed by atoms with Gasteiger partial charge in [0, 0.05) is 30.4 Å². The second-order valence-electron chi connectivity index (χ2n) is 6.44. The van der Waals surface area contributed by atoms with E-state index in [2.05, 4.69) is 23.7 Å². The molecule has 0 aliphatic carbocycles. The molecule has 28 heavy (non-hydrogen) atoms. The van der Waals surface area contributed by atoms with Crippen LogP contribution in [-0.2, 0) is 10.5 Å². The van der Waals surface area contributed by atoms with Gasteiger partial charge in [-0.3, -0.25) is 14.7 Å². The molecule has 0 spiro atoms. The number of ether oxygens (including phenoxy) is 1. The molecule has 0 N–H and O–H groups in total. The predicted octanol–water partition coefficient (Wildman–Crippen LogP) is 3.74. The standard InChI is InChI=1S/C21H25N3O2S2/c1-4-23(5-2)14-15-24-19(25)16-10-6-7-11-17(16)21(24,26-20(27)28-3)18-12-8-9-13-22-18/h6-13H,4-5,14-15H2,1-3H3. The lowest BCUT2D eigenvalue weighted by atomic mass is 9.97. The Bertz CT molecular complexity index is 843. The van der Waals surface area contributed by atoms with E-state index < -0.39 is 5.72 Å². The molecule has 7 heteroatoms. The summed E-state index contributed by atoms with van der Waals surface area (Å²) in [6.45, 7) is 7.35. The van der Waals surface area contributed by atoms with Crippen LogP contribution in [0.3, 0.4) is 0 Å². The molecular weight excluding hydrogens is 390 g/mol. The number of hydrogen-bond acceptors (Lipinski definition) is 6. The fraction of sp³-hybridized carbons (Fsp3) is 0.381. The number of benzene rings is 1. The Morgan fingerprint density at radius 1 is 1.21 bits per heavy atom. The fourth-order valence-electron chi connectivity index (χ4n) is 3.60. The van der Waals surface area contributed by atoms with Gasteiger partial charge in [-0.05, 0) is 49.8 Å². The third-order valence-electron chi connectivity index (χ3n) is 5.09. The number of nitrogens with zero attached hydrogens (tertiary/aromatic N) is 3. The van der Waals surface area contributed by atoms with E-state index in [1.165, 1.54) is 11.8 Å². The monoisotopic (exact) mass is 415 g/mol. The summed E-state index contributed by atoms with van der Waals surface area (Å²) < 4.78 is 6.74. The van der Waals surface area contributed by atoms with Gasteiger partial charge in [0.2, 0.25) is 4.38 Å². The summed E-state index contributed by atoms with van der Waals surface area (Å²) in [7, 11) is 0. The Hall–Kier alpha value is -1.96. The van der Waals surface area contributed by atoms with Crippen LogP contribution < -0.4 is 0 Å². The van der Waals surface area contributed by atoms with E-state index in [-0.39, 0.29) is 5.91 Å². The molecule has 1 atom stereocenters. The number of aromatic nitrogens is 1. The Morgan fingerprint density at radius 2 is 1.93 bits per heavy atom. The highest BCUT2D eigenvalue weighted by molar-refractivity contribution is 8.22. The smallest absolute Gasteiger partial charge is 0.258 e. The van der Waals surface area contributed by atoms with E-state index in [0.717, 1.165) is 25.2 Å². The van der Waals surface area contributed by atoms with E-state index in [1.54, 1.807) is 11.1 Å². The minimum Gasteiger partial charge on any atom is -0.441 e. The maximum atomic E-state index is 13.4. The van der Waals surface area contributed by atoms with Crippen LogP contribution >= 0.6 is 24.0 Å². The van der Waals surface area contributed by atoms with Crippen molar-refractivity contribution >= 4 is 34.3 Å². The summed E-state index contributed by atoms with van der Waals surface area (Å²) >= 11 is 6.78. The Labute approximate surface area is 176 Å². The van der Waals surface area contributed by atoms with E-state index in [4.69, 9.17) is 17.0 Å². The minimum atomic E-state index is -1.15. The first-order valence-corrected chi connectivity index (χ1v) is 11.0. The fourth-order valence-corrected chi connectivity index (χ4v) is 3.93. The second-order valence-corrected chi connectivity index (χ2v) is 7.85. The topological polar surface area (TPSA) is 45.7 Å². The minimum absolute atomic E-state index is 0.0580. The zero-order chi connectivity index (χ0) is 20.1. The highest BCUT2D eigenvalue weighted by Gasteiger charge is 2.54. The van der Waals surface area contributed by atoms with Crippen molar-refractivity contribution in [2.75, 3.05) is 32.4 Å². The molecule has 5 nitrogen and oxygen atoms in total. The van der Waals surface area contributed by atoms with Gasteiger partial charge in [0.1, 0.15) is 5.69 Å². The Morgan fingerprint density at radius 3 is 2.57 bits per heavy atom. The number of hydrogen-bond donors (Lipinski definition) is 0. The normalized spacial score (nSPS) is 18.4. The molecule has 0 saturated carbocycles. The van der Waals surface area contributed by atoms with Crippen LogP contribution in [0.2, 0.25) is 0 Å². The van der Waals surface area contributed by atoms with Gasteiger partial charge < -0.3 is 9.64 Å². The largest absolute Gasteiger partial charge is 0.441 e. The van der Waals surface area contributed by atoms with Gasteiger partial charge in [-0.15, -0.1) is 0 Å². The average Bonchev–Trinajstić information content (AvgIpc) is 2.98. The van der Waals surface area contributed by atoms with Crippen LogP contribution in [0.15, 0.2) is 48.7 Å². The van der Waals surface area contributed by atoms with Crippen molar-refractivity contribution in [3.05, 3.63) is 65.5 Å². The van der Waals surface area contributed by atoms with Crippen molar-refractivity contribution in [1.82, 2.24) is 14.8 Å². The van der Waals surface area contributed by atoms with Crippen molar-refractivity contribution in [3.63, 3.8) is 0 Å². The molecule has 148 valence electrons. The van der Waals surface area contributed by atoms with Crippen LogP contribution in [0.1, 0.15) is 35.5 Å². The van der Waals surface area contributed by atoms with Crippen molar-refractivity contribution in [2.24, 2.45) is 0 Å². The van der Waals surface area contributed by atoms with Crippen molar-refractivity contribution < 1.29 is 9.53 Å². The summed E-state index contributed by atoms with van der Waals surface area (Å²) in [5.41, 5.74) is 0.929. The van der Waals surface area contributed by atoms with Crippen LogP contribution in [0, 0.1) is 0 Å². The number of fused-ring (bicyclic) bond motifs is 1. The molecule has 0 fully saturated rings. The molecule has 1 aromatic heterocycles. The maximum Gasteiger partial charge on any atom is 0.258 e. The van der Waals surface area contributed by atoms with Crippen LogP contribution in [0.25, 0.3) is 0 Å². The van der Waals surface area contributed by atoms with Gasteiger partial charge in [-0.25, -0.2) is 0 Å². The molecule has 1 aliphatic rings. The van der Waals surface area contributed by atoms with Gasteiger partial charge >= 0.3 is 0 Å². The molecule has 1 amide bonds. The second kappa shape index (κ2) is 9.03. The lowest BCUT2D eigenvalue weighted by Crippen LogP contribution is -2.50. The van der Waals surface area contributed by atoms with Gasteiger partial charge in [-0.2, -0.15) is 0 Å². The van der Waals surface area contributed by atoms with Gasteiger partial charge in [0.25, 0.3) is 11.6 Å². The van der Waals surface area contributed by atoms with Gasteiger partial charge in [-0.1, -0.05) is 49.9 Å². The summed E-state index contributed by atoms with van der Waals surface area (Å²) in [6.07, 6.45) is 3.59. The molecule has 1 aliphatic heterocycles. The van der Waals surface area contributed by atoms with E-state index >= 15 is 0 Å². The number of pyridine rings is 1. The molecule has 0 saturated heterocycles. The molecular formula is C21H25N3O2S2. The molecule has 1 aromatic carbocycles. The Kier molecular flexibility index (Phi) is 6.69. The quantitative estimate of drug-likeness (QED) is 0.642.